The largest absolute Gasteiger partial charge is 0.496 e. The van der Waals surface area contributed by atoms with Crippen molar-refractivity contribution in [3.63, 3.8) is 0 Å². The summed E-state index contributed by atoms with van der Waals surface area (Å²) in [5.74, 6) is -1.24. The zero-order valence-electron chi connectivity index (χ0n) is 14.4. The van der Waals surface area contributed by atoms with E-state index >= 15 is 0 Å². The standard InChI is InChI=1S/C18H16ClF2NO5/c1-10-3-5-14(25-2)12(7-10)17(24)26-9-16(23)22-11-4-6-15(13(19)8-11)27-18(20)21/h3-8,18H,9H2,1-2H3,(H,22,23). The molecule has 2 aromatic rings. The van der Waals surface area contributed by atoms with E-state index in [1.165, 1.54) is 25.3 Å². The number of rotatable bonds is 7. The number of anilines is 1. The lowest BCUT2D eigenvalue weighted by Crippen LogP contribution is -2.21. The molecule has 0 unspecified atom stereocenters. The topological polar surface area (TPSA) is 73.9 Å². The minimum atomic E-state index is -3.01. The zero-order chi connectivity index (χ0) is 20.0. The van der Waals surface area contributed by atoms with E-state index in [-0.39, 0.29) is 22.0 Å². The summed E-state index contributed by atoms with van der Waals surface area (Å²) in [5.41, 5.74) is 1.26. The van der Waals surface area contributed by atoms with Crippen LogP contribution >= 0.6 is 11.6 Å². The first-order chi connectivity index (χ1) is 12.8. The van der Waals surface area contributed by atoms with E-state index in [1.807, 2.05) is 0 Å². The van der Waals surface area contributed by atoms with Crippen LogP contribution in [0.1, 0.15) is 15.9 Å². The summed E-state index contributed by atoms with van der Waals surface area (Å²) < 4.78 is 38.7. The van der Waals surface area contributed by atoms with Gasteiger partial charge in [-0.25, -0.2) is 4.79 Å². The lowest BCUT2D eigenvalue weighted by atomic mass is 10.1. The lowest BCUT2D eigenvalue weighted by Gasteiger charge is -2.11. The molecule has 0 radical (unpaired) electrons. The Bertz CT molecular complexity index is 844. The molecule has 0 bridgehead atoms. The van der Waals surface area contributed by atoms with Crippen LogP contribution in [0.5, 0.6) is 11.5 Å². The maximum absolute atomic E-state index is 12.2. The predicted octanol–water partition coefficient (Wildman–Crippen LogP) is 4.05. The van der Waals surface area contributed by atoms with Crippen LogP contribution in [0, 0.1) is 6.92 Å². The molecular weight excluding hydrogens is 384 g/mol. The number of carbonyl (C=O) groups excluding carboxylic acids is 2. The fourth-order valence-electron chi connectivity index (χ4n) is 2.16. The van der Waals surface area contributed by atoms with Crippen molar-refractivity contribution in [3.8, 4) is 11.5 Å². The molecule has 1 amide bonds. The van der Waals surface area contributed by atoms with Crippen LogP contribution < -0.4 is 14.8 Å². The molecule has 0 fully saturated rings. The molecule has 2 aromatic carbocycles. The first-order valence-electron chi connectivity index (χ1n) is 7.66. The maximum Gasteiger partial charge on any atom is 0.387 e. The number of hydrogen-bond acceptors (Lipinski definition) is 5. The van der Waals surface area contributed by atoms with Crippen LogP contribution in [0.4, 0.5) is 14.5 Å². The van der Waals surface area contributed by atoms with Crippen LogP contribution in [0.25, 0.3) is 0 Å². The molecule has 27 heavy (non-hydrogen) atoms. The Morgan fingerprint density at radius 2 is 1.85 bits per heavy atom. The number of halogens is 3. The number of amides is 1. The second kappa shape index (κ2) is 9.18. The highest BCUT2D eigenvalue weighted by Gasteiger charge is 2.16. The SMILES string of the molecule is COc1ccc(C)cc1C(=O)OCC(=O)Nc1ccc(OC(F)F)c(Cl)c1. The molecule has 9 heteroatoms. The number of ether oxygens (including phenoxy) is 3. The normalized spacial score (nSPS) is 10.4. The first kappa shape index (κ1) is 20.4. The summed E-state index contributed by atoms with van der Waals surface area (Å²) in [5, 5.41) is 2.33. The molecule has 0 aliphatic heterocycles. The molecule has 6 nitrogen and oxygen atoms in total. The van der Waals surface area contributed by atoms with E-state index < -0.39 is 25.1 Å². The van der Waals surface area contributed by atoms with Crippen molar-refractivity contribution in [3.05, 3.63) is 52.5 Å². The molecule has 0 spiro atoms. The Kier molecular flexibility index (Phi) is 6.95. The summed E-state index contributed by atoms with van der Waals surface area (Å²) in [7, 11) is 1.42. The van der Waals surface area contributed by atoms with Crippen molar-refractivity contribution in [1.29, 1.82) is 0 Å². The van der Waals surface area contributed by atoms with Gasteiger partial charge in [0.25, 0.3) is 5.91 Å². The van der Waals surface area contributed by atoms with Crippen LogP contribution in [0.15, 0.2) is 36.4 Å². The Hall–Kier alpha value is -2.87. The van der Waals surface area contributed by atoms with Crippen molar-refractivity contribution >= 4 is 29.2 Å². The van der Waals surface area contributed by atoms with Gasteiger partial charge in [-0.2, -0.15) is 8.78 Å². The van der Waals surface area contributed by atoms with Gasteiger partial charge in [-0.3, -0.25) is 4.79 Å². The van der Waals surface area contributed by atoms with Gasteiger partial charge in [0, 0.05) is 5.69 Å². The molecule has 0 saturated heterocycles. The molecular formula is C18H16ClF2NO5. The number of aryl methyl sites for hydroxylation is 1. The predicted molar refractivity (Wildman–Crippen MR) is 94.7 cm³/mol. The van der Waals surface area contributed by atoms with Crippen molar-refractivity contribution in [2.45, 2.75) is 13.5 Å². The minimum Gasteiger partial charge on any atom is -0.496 e. The zero-order valence-corrected chi connectivity index (χ0v) is 15.2. The number of carbonyl (C=O) groups is 2. The van der Waals surface area contributed by atoms with Crippen LogP contribution in [-0.4, -0.2) is 32.2 Å². The molecule has 0 aromatic heterocycles. The quantitative estimate of drug-likeness (QED) is 0.711. The average Bonchev–Trinajstić information content (AvgIpc) is 2.61. The van der Waals surface area contributed by atoms with Gasteiger partial charge in [-0.1, -0.05) is 23.2 Å². The summed E-state index contributed by atoms with van der Waals surface area (Å²) in [6, 6.07) is 8.73. The maximum atomic E-state index is 12.2. The van der Waals surface area contributed by atoms with Crippen LogP contribution in [0.2, 0.25) is 5.02 Å². The van der Waals surface area contributed by atoms with Gasteiger partial charge >= 0.3 is 12.6 Å². The Morgan fingerprint density at radius 3 is 2.48 bits per heavy atom. The summed E-state index contributed by atoms with van der Waals surface area (Å²) >= 11 is 5.80. The van der Waals surface area contributed by atoms with E-state index in [9.17, 15) is 18.4 Å². The van der Waals surface area contributed by atoms with Crippen LogP contribution in [0.3, 0.4) is 0 Å². The van der Waals surface area contributed by atoms with Gasteiger partial charge in [-0.05, 0) is 37.3 Å². The van der Waals surface area contributed by atoms with Crippen molar-refractivity contribution in [2.24, 2.45) is 0 Å². The number of hydrogen-bond donors (Lipinski definition) is 1. The summed E-state index contributed by atoms with van der Waals surface area (Å²) in [6.07, 6.45) is 0. The van der Waals surface area contributed by atoms with E-state index in [1.54, 1.807) is 25.1 Å². The van der Waals surface area contributed by atoms with Gasteiger partial charge in [-0.15, -0.1) is 0 Å². The number of benzene rings is 2. The van der Waals surface area contributed by atoms with E-state index in [0.29, 0.717) is 5.75 Å². The lowest BCUT2D eigenvalue weighted by molar-refractivity contribution is -0.119. The smallest absolute Gasteiger partial charge is 0.387 e. The van der Waals surface area contributed by atoms with Crippen molar-refractivity contribution in [2.75, 3.05) is 19.0 Å². The highest BCUT2D eigenvalue weighted by molar-refractivity contribution is 6.32. The molecule has 0 aliphatic rings. The minimum absolute atomic E-state index is 0.102. The Labute approximate surface area is 159 Å². The Morgan fingerprint density at radius 1 is 1.15 bits per heavy atom. The molecule has 0 saturated carbocycles. The third-order valence-corrected chi connectivity index (χ3v) is 3.64. The number of alkyl halides is 2. The average molecular weight is 400 g/mol. The van der Waals surface area contributed by atoms with Crippen LogP contribution in [-0.2, 0) is 9.53 Å². The van der Waals surface area contributed by atoms with E-state index in [0.717, 1.165) is 5.56 Å². The monoisotopic (exact) mass is 399 g/mol. The number of esters is 1. The van der Waals surface area contributed by atoms with Gasteiger partial charge in [0.05, 0.1) is 12.1 Å². The molecule has 1 N–H and O–H groups in total. The number of methoxy groups -OCH3 is 1. The molecule has 0 atom stereocenters. The second-order valence-corrected chi connectivity index (χ2v) is 5.76. The summed E-state index contributed by atoms with van der Waals surface area (Å²) in [6.45, 7) is -1.77. The van der Waals surface area contributed by atoms with E-state index in [2.05, 4.69) is 10.1 Å². The molecule has 0 aliphatic carbocycles. The van der Waals surface area contributed by atoms with Gasteiger partial charge in [0.1, 0.15) is 17.1 Å². The second-order valence-electron chi connectivity index (χ2n) is 5.35. The van der Waals surface area contributed by atoms with Gasteiger partial charge < -0.3 is 19.5 Å². The summed E-state index contributed by atoms with van der Waals surface area (Å²) in [4.78, 5) is 24.1. The molecule has 0 heterocycles. The fraction of sp³-hybridized carbons (Fsp3) is 0.222. The third-order valence-electron chi connectivity index (χ3n) is 3.34. The van der Waals surface area contributed by atoms with Crippen molar-refractivity contribution < 1.29 is 32.6 Å². The highest BCUT2D eigenvalue weighted by Crippen LogP contribution is 2.29. The Balaban J connectivity index is 1.95. The third kappa shape index (κ3) is 5.82. The fourth-order valence-corrected chi connectivity index (χ4v) is 2.38. The molecule has 2 rings (SSSR count). The van der Waals surface area contributed by atoms with E-state index in [4.69, 9.17) is 21.1 Å². The van der Waals surface area contributed by atoms with Gasteiger partial charge in [0.2, 0.25) is 0 Å². The number of nitrogens with one attached hydrogen (secondary N) is 1. The first-order valence-corrected chi connectivity index (χ1v) is 8.04. The highest BCUT2D eigenvalue weighted by atomic mass is 35.5. The van der Waals surface area contributed by atoms with Crippen molar-refractivity contribution in [1.82, 2.24) is 0 Å². The van der Waals surface area contributed by atoms with Gasteiger partial charge in [0.15, 0.2) is 6.61 Å². The molecule has 144 valence electrons.